The molecule has 5 nitrogen and oxygen atoms in total. The zero-order chi connectivity index (χ0) is 46.8. The fourth-order valence-corrected chi connectivity index (χ4v) is 17.1. The molecule has 71 heavy (non-hydrogen) atoms. The number of likely N-dealkylation sites (tertiary alicyclic amines) is 2. The Kier molecular flexibility index (Phi) is 12.1. The number of rotatable bonds is 9. The molecule has 0 radical (unpaired) electrons. The van der Waals surface area contributed by atoms with Crippen molar-refractivity contribution in [2.24, 2.45) is 59.2 Å². The fourth-order valence-electron chi connectivity index (χ4n) is 17.1. The Morgan fingerprint density at radius 3 is 1.96 bits per heavy atom. The van der Waals surface area contributed by atoms with Gasteiger partial charge in [-0.05, 0) is 198 Å². The Labute approximate surface area is 425 Å². The van der Waals surface area contributed by atoms with Gasteiger partial charge in [-0.1, -0.05) is 109 Å². The molecule has 0 saturated carbocycles. The van der Waals surface area contributed by atoms with Gasteiger partial charge in [-0.25, -0.2) is 0 Å². The average molecular weight is 946 g/mol. The summed E-state index contributed by atoms with van der Waals surface area (Å²) in [6.45, 7) is 0. The van der Waals surface area contributed by atoms with Gasteiger partial charge in [0.25, 0.3) is 0 Å². The Hall–Kier alpha value is -4.90. The van der Waals surface area contributed by atoms with Crippen LogP contribution in [0.4, 0.5) is 0 Å². The van der Waals surface area contributed by atoms with Crippen LogP contribution in [-0.2, 0) is 9.47 Å². The second-order valence-electron chi connectivity index (χ2n) is 24.2. The third kappa shape index (κ3) is 8.36. The molecule has 0 amide bonds. The molecule has 370 valence electrons. The van der Waals surface area contributed by atoms with Crippen LogP contribution in [-0.4, -0.2) is 52.2 Å². The second kappa shape index (κ2) is 19.2. The van der Waals surface area contributed by atoms with Gasteiger partial charge < -0.3 is 24.6 Å². The van der Waals surface area contributed by atoms with E-state index in [9.17, 15) is 0 Å². The molecular weight excluding hydrogens is 867 g/mol. The molecule has 0 bridgehead atoms. The van der Waals surface area contributed by atoms with Gasteiger partial charge >= 0.3 is 0 Å². The van der Waals surface area contributed by atoms with Crippen LogP contribution >= 0.6 is 0 Å². The van der Waals surface area contributed by atoms with Crippen LogP contribution in [0.1, 0.15) is 122 Å². The molecule has 17 atom stereocenters. The Morgan fingerprint density at radius 2 is 1.24 bits per heavy atom. The molecule has 3 aliphatic heterocycles. The van der Waals surface area contributed by atoms with E-state index in [2.05, 4.69) is 155 Å². The SMILES string of the molecule is C1=CCCC(NC2CCC(C3C=CC4C(C3)C3CC(C5C=CC6C(C5)C5CCC=CC5N6C5=CC=CCC5)C=CC3N4C3=CC=C(OC4C=CC5=C(C4)OC4CCC=CC54)CC3)C=C2C2CC=CCC2)=C1. The van der Waals surface area contributed by atoms with Gasteiger partial charge in [-0.15, -0.1) is 0 Å². The van der Waals surface area contributed by atoms with Gasteiger partial charge in [0.15, 0.2) is 0 Å². The maximum atomic E-state index is 6.80. The highest BCUT2D eigenvalue weighted by Gasteiger charge is 2.54. The van der Waals surface area contributed by atoms with Crippen molar-refractivity contribution in [3.05, 3.63) is 180 Å². The minimum Gasteiger partial charge on any atom is -0.493 e. The van der Waals surface area contributed by atoms with Crippen molar-refractivity contribution in [2.75, 3.05) is 0 Å². The highest BCUT2D eigenvalue weighted by molar-refractivity contribution is 5.39. The van der Waals surface area contributed by atoms with E-state index in [-0.39, 0.29) is 6.10 Å². The monoisotopic (exact) mass is 946 g/mol. The number of hydrogen-bond donors (Lipinski definition) is 1. The number of ether oxygens (including phenoxy) is 2. The van der Waals surface area contributed by atoms with E-state index in [1.54, 1.807) is 11.3 Å². The topological polar surface area (TPSA) is 37.0 Å². The second-order valence-corrected chi connectivity index (χ2v) is 24.2. The summed E-state index contributed by atoms with van der Waals surface area (Å²) in [4.78, 5) is 5.80. The minimum atomic E-state index is 0.0472. The van der Waals surface area contributed by atoms with E-state index in [0.29, 0.717) is 83.7 Å². The van der Waals surface area contributed by atoms with Crippen LogP contribution in [0, 0.1) is 59.2 Å². The van der Waals surface area contributed by atoms with Crippen LogP contribution in [0.15, 0.2) is 180 Å². The Balaban J connectivity index is 0.735. The molecular formula is C66H79N3O2. The van der Waals surface area contributed by atoms with E-state index < -0.39 is 0 Å². The molecule has 1 N–H and O–H groups in total. The van der Waals surface area contributed by atoms with Crippen LogP contribution in [0.2, 0.25) is 0 Å². The molecule has 11 aliphatic carbocycles. The first-order valence-electron chi connectivity index (χ1n) is 29.1. The molecule has 5 heteroatoms. The largest absolute Gasteiger partial charge is 0.493 e. The number of allylic oxidation sites excluding steroid dienone is 21. The first-order valence-corrected chi connectivity index (χ1v) is 29.1. The minimum absolute atomic E-state index is 0.0472. The molecule has 2 saturated heterocycles. The van der Waals surface area contributed by atoms with Crippen molar-refractivity contribution < 1.29 is 9.47 Å². The van der Waals surface area contributed by atoms with Crippen molar-refractivity contribution in [3.63, 3.8) is 0 Å². The molecule has 0 spiro atoms. The highest BCUT2D eigenvalue weighted by Crippen LogP contribution is 2.56. The number of fused-ring (bicyclic) bond motifs is 8. The van der Waals surface area contributed by atoms with Crippen molar-refractivity contribution in [2.45, 2.75) is 164 Å². The highest BCUT2D eigenvalue weighted by atomic mass is 16.5. The van der Waals surface area contributed by atoms with Gasteiger partial charge in [0.2, 0.25) is 0 Å². The van der Waals surface area contributed by atoms with Crippen LogP contribution < -0.4 is 5.32 Å². The van der Waals surface area contributed by atoms with Crippen LogP contribution in [0.25, 0.3) is 0 Å². The third-order valence-corrected chi connectivity index (χ3v) is 20.5. The van der Waals surface area contributed by atoms with Gasteiger partial charge in [0.1, 0.15) is 18.0 Å². The molecule has 14 aliphatic rings. The first-order chi connectivity index (χ1) is 35.2. The van der Waals surface area contributed by atoms with Crippen LogP contribution in [0.5, 0.6) is 0 Å². The van der Waals surface area contributed by atoms with E-state index in [1.807, 2.05) is 0 Å². The lowest BCUT2D eigenvalue weighted by atomic mass is 9.64. The summed E-state index contributed by atoms with van der Waals surface area (Å²) in [6, 6.07) is 2.49. The van der Waals surface area contributed by atoms with Gasteiger partial charge in [0.05, 0.1) is 29.9 Å². The van der Waals surface area contributed by atoms with Crippen LogP contribution in [0.3, 0.4) is 0 Å². The predicted molar refractivity (Wildman–Crippen MR) is 288 cm³/mol. The lowest BCUT2D eigenvalue weighted by molar-refractivity contribution is 0.0821. The molecule has 17 unspecified atom stereocenters. The maximum absolute atomic E-state index is 6.80. The Bertz CT molecular complexity index is 2560. The summed E-state index contributed by atoms with van der Waals surface area (Å²) in [5, 5.41) is 4.11. The Morgan fingerprint density at radius 1 is 0.535 bits per heavy atom. The zero-order valence-electron chi connectivity index (χ0n) is 42.2. The summed E-state index contributed by atoms with van der Waals surface area (Å²) in [5.74, 6) is 8.71. The smallest absolute Gasteiger partial charge is 0.124 e. The quantitative estimate of drug-likeness (QED) is 0.233. The summed E-state index contributed by atoms with van der Waals surface area (Å²) in [6.07, 6.45) is 80.3. The van der Waals surface area contributed by atoms with Crippen molar-refractivity contribution in [3.8, 4) is 0 Å². The molecule has 0 aromatic heterocycles. The lowest BCUT2D eigenvalue weighted by Gasteiger charge is -2.41. The van der Waals surface area contributed by atoms with Gasteiger partial charge in [0, 0.05) is 47.5 Å². The van der Waals surface area contributed by atoms with Gasteiger partial charge in [-0.2, -0.15) is 0 Å². The average Bonchev–Trinajstić information content (AvgIpc) is 4.09. The predicted octanol–water partition coefficient (Wildman–Crippen LogP) is 14.3. The third-order valence-electron chi connectivity index (χ3n) is 20.5. The van der Waals surface area contributed by atoms with Crippen molar-refractivity contribution >= 4 is 0 Å². The summed E-state index contributed by atoms with van der Waals surface area (Å²) in [5.41, 5.74) is 7.65. The standard InChI is InChI=1S/C66H79N3O2/c1-4-14-43(15-5-1)56-38-44(24-34-60(56)67-48-16-6-2-7-17-48)46-26-36-63-58(40-46)59-41-47(45-25-35-62-57(39-45)53-20-10-12-22-61(53)68(62)49-18-8-3-9-19-49)27-37-64(59)69(63)50-28-30-51(31-29-50)70-52-32-33-55-54-21-11-13-23-65(54)71-66(55)42-52/h1-4,6,8,11-12,16,18,21-22,25-28,30,32-33,35-38,43-47,52-54,57-65,67H,5,7,9-10,13-15,17,19-20,23-24,29,31,34,39-42H2. The van der Waals surface area contributed by atoms with E-state index >= 15 is 0 Å². The van der Waals surface area contributed by atoms with E-state index in [0.717, 1.165) is 62.5 Å². The zero-order valence-corrected chi connectivity index (χ0v) is 42.2. The van der Waals surface area contributed by atoms with Crippen molar-refractivity contribution in [1.29, 1.82) is 0 Å². The maximum Gasteiger partial charge on any atom is 0.124 e. The molecule has 0 aromatic carbocycles. The molecule has 0 aromatic rings. The summed E-state index contributed by atoms with van der Waals surface area (Å²) in [7, 11) is 0. The molecule has 3 heterocycles. The van der Waals surface area contributed by atoms with Crippen molar-refractivity contribution in [1.82, 2.24) is 15.1 Å². The normalized spacial score (nSPS) is 42.5. The fraction of sp³-hybridized carbons (Fsp3) is 0.545. The first kappa shape index (κ1) is 44.8. The number of hydrogen-bond acceptors (Lipinski definition) is 5. The summed E-state index contributed by atoms with van der Waals surface area (Å²) >= 11 is 0. The van der Waals surface area contributed by atoms with E-state index in [4.69, 9.17) is 9.47 Å². The molecule has 14 rings (SSSR count). The van der Waals surface area contributed by atoms with Gasteiger partial charge in [-0.3, -0.25) is 0 Å². The number of nitrogens with one attached hydrogen (secondary N) is 1. The summed E-state index contributed by atoms with van der Waals surface area (Å²) < 4.78 is 13.3. The number of nitrogens with zero attached hydrogens (tertiary/aromatic N) is 2. The van der Waals surface area contributed by atoms with E-state index in [1.165, 1.54) is 99.8 Å². The lowest BCUT2D eigenvalue weighted by Crippen LogP contribution is -2.40. The molecule has 2 fully saturated rings.